The Morgan fingerprint density at radius 3 is 2.63 bits per heavy atom. The molecule has 0 radical (unpaired) electrons. The van der Waals surface area contributed by atoms with Gasteiger partial charge in [0.2, 0.25) is 0 Å². The fourth-order valence-corrected chi connectivity index (χ4v) is 3.94. The number of aliphatic imine (C=N–C) groups is 1. The molecule has 1 aromatic rings. The molecule has 1 aromatic carbocycles. The maximum atomic E-state index is 13.1. The first-order valence-corrected chi connectivity index (χ1v) is 9.81. The molecule has 0 aromatic heterocycles. The average Bonchev–Trinajstić information content (AvgIpc) is 3.55. The number of benzene rings is 1. The van der Waals surface area contributed by atoms with Gasteiger partial charge in [-0.15, -0.1) is 0 Å². The third-order valence-corrected chi connectivity index (χ3v) is 5.86. The second-order valence-corrected chi connectivity index (χ2v) is 8.09. The minimum atomic E-state index is -0.0825. The number of carbonyl (C=O) groups excluding carboxylic acids is 2. The molecule has 4 rings (SSSR count). The molecular formula is C23H26N2O2. The van der Waals surface area contributed by atoms with Crippen molar-refractivity contribution in [3.8, 4) is 0 Å². The molecule has 0 spiro atoms. The van der Waals surface area contributed by atoms with Crippen molar-refractivity contribution >= 4 is 18.4 Å². The molecular weight excluding hydrogens is 336 g/mol. The van der Waals surface area contributed by atoms with E-state index >= 15 is 0 Å². The summed E-state index contributed by atoms with van der Waals surface area (Å²) in [6, 6.07) is 6.58. The Bertz CT molecular complexity index is 872. The van der Waals surface area contributed by atoms with E-state index in [9.17, 15) is 9.59 Å². The Morgan fingerprint density at radius 2 is 2.00 bits per heavy atom. The third kappa shape index (κ3) is 3.53. The van der Waals surface area contributed by atoms with Gasteiger partial charge in [0.15, 0.2) is 5.78 Å². The second-order valence-electron chi connectivity index (χ2n) is 8.09. The molecule has 1 amide bonds. The maximum absolute atomic E-state index is 13.1. The molecule has 1 heterocycles. The molecule has 0 bridgehead atoms. The number of hydrogen-bond donors (Lipinski definition) is 0. The number of ketones is 1. The van der Waals surface area contributed by atoms with Crippen LogP contribution in [-0.4, -0.2) is 29.9 Å². The maximum Gasteiger partial charge on any atom is 0.255 e. The summed E-state index contributed by atoms with van der Waals surface area (Å²) in [5.74, 6) is 0.821. The fourth-order valence-electron chi connectivity index (χ4n) is 3.94. The zero-order valence-electron chi connectivity index (χ0n) is 16.1. The highest BCUT2D eigenvalue weighted by atomic mass is 16.2. The molecule has 2 aliphatic carbocycles. The lowest BCUT2D eigenvalue weighted by atomic mass is 9.98. The molecule has 0 N–H and O–H groups in total. The summed E-state index contributed by atoms with van der Waals surface area (Å²) in [6.45, 7) is 7.99. The molecule has 2 fully saturated rings. The molecule has 1 unspecified atom stereocenters. The highest BCUT2D eigenvalue weighted by Gasteiger charge is 2.40. The average molecular weight is 362 g/mol. The molecule has 27 heavy (non-hydrogen) atoms. The topological polar surface area (TPSA) is 49.7 Å². The van der Waals surface area contributed by atoms with Gasteiger partial charge in [-0.25, -0.2) is 0 Å². The van der Waals surface area contributed by atoms with Crippen molar-refractivity contribution in [2.24, 2.45) is 10.9 Å². The van der Waals surface area contributed by atoms with Gasteiger partial charge in [0.25, 0.3) is 5.91 Å². The smallest absolute Gasteiger partial charge is 0.255 e. The van der Waals surface area contributed by atoms with Crippen molar-refractivity contribution in [1.82, 2.24) is 4.90 Å². The van der Waals surface area contributed by atoms with Crippen LogP contribution in [0.1, 0.15) is 61.3 Å². The van der Waals surface area contributed by atoms with Crippen molar-refractivity contribution in [2.45, 2.75) is 51.5 Å². The van der Waals surface area contributed by atoms with Crippen LogP contribution in [0.15, 0.2) is 46.6 Å². The van der Waals surface area contributed by atoms with Crippen molar-refractivity contribution in [1.29, 1.82) is 0 Å². The summed E-state index contributed by atoms with van der Waals surface area (Å²) < 4.78 is 0. The van der Waals surface area contributed by atoms with Gasteiger partial charge < -0.3 is 4.90 Å². The largest absolute Gasteiger partial charge is 0.327 e. The zero-order valence-corrected chi connectivity index (χ0v) is 16.1. The number of aryl methyl sites for hydroxylation is 1. The van der Waals surface area contributed by atoms with E-state index in [1.165, 1.54) is 30.2 Å². The standard InChI is InChI=1S/C23H26N2O2/c1-14-10-18(12-19(11-14)16-4-5-16)15(2)25-13-21(22(26)17-6-7-17)20(23(25)27)8-9-24-3/h8-12,15-17H,3-7,13H2,1-2H3/b9-8-. The van der Waals surface area contributed by atoms with Gasteiger partial charge in [0, 0.05) is 23.3 Å². The summed E-state index contributed by atoms with van der Waals surface area (Å²) in [4.78, 5) is 31.4. The van der Waals surface area contributed by atoms with E-state index in [2.05, 4.69) is 43.8 Å². The summed E-state index contributed by atoms with van der Waals surface area (Å²) in [5, 5.41) is 0. The van der Waals surface area contributed by atoms with Crippen LogP contribution in [0.5, 0.6) is 0 Å². The Labute approximate surface area is 160 Å². The third-order valence-electron chi connectivity index (χ3n) is 5.86. The van der Waals surface area contributed by atoms with E-state index < -0.39 is 0 Å². The van der Waals surface area contributed by atoms with Crippen molar-refractivity contribution in [2.75, 3.05) is 6.54 Å². The Morgan fingerprint density at radius 1 is 1.26 bits per heavy atom. The summed E-state index contributed by atoms with van der Waals surface area (Å²) in [5.41, 5.74) is 4.88. The monoisotopic (exact) mass is 362 g/mol. The van der Waals surface area contributed by atoms with Gasteiger partial charge in [0.05, 0.1) is 12.6 Å². The van der Waals surface area contributed by atoms with Gasteiger partial charge in [-0.1, -0.05) is 23.8 Å². The predicted molar refractivity (Wildman–Crippen MR) is 107 cm³/mol. The van der Waals surface area contributed by atoms with Gasteiger partial charge in [-0.2, -0.15) is 0 Å². The molecule has 0 saturated heterocycles. The lowest BCUT2D eigenvalue weighted by molar-refractivity contribution is -0.127. The SMILES string of the molecule is C=N/C=C\C1=C(C(=O)C2CC2)CN(C(C)c2cc(C)cc(C3CC3)c2)C1=O. The summed E-state index contributed by atoms with van der Waals surface area (Å²) in [7, 11) is 0. The van der Waals surface area contributed by atoms with E-state index in [1.807, 2.05) is 4.90 Å². The fraction of sp³-hybridized carbons (Fsp3) is 0.435. The van der Waals surface area contributed by atoms with Crippen LogP contribution in [-0.2, 0) is 9.59 Å². The van der Waals surface area contributed by atoms with Gasteiger partial charge in [0.1, 0.15) is 0 Å². The molecule has 2 saturated carbocycles. The van der Waals surface area contributed by atoms with Gasteiger partial charge in [-0.05, 0) is 69.4 Å². The van der Waals surface area contributed by atoms with Crippen LogP contribution >= 0.6 is 0 Å². The van der Waals surface area contributed by atoms with Crippen LogP contribution in [0.25, 0.3) is 0 Å². The normalized spacial score (nSPS) is 21.3. The molecule has 1 atom stereocenters. The highest BCUT2D eigenvalue weighted by Crippen LogP contribution is 2.42. The van der Waals surface area contributed by atoms with Gasteiger partial charge in [-0.3, -0.25) is 14.6 Å². The first kappa shape index (κ1) is 17.9. The predicted octanol–water partition coefficient (Wildman–Crippen LogP) is 4.27. The van der Waals surface area contributed by atoms with E-state index in [0.29, 0.717) is 23.6 Å². The zero-order chi connectivity index (χ0) is 19.1. The minimum absolute atomic E-state index is 0.0699. The second kappa shape index (κ2) is 6.91. The molecule has 4 nitrogen and oxygen atoms in total. The van der Waals surface area contributed by atoms with Crippen molar-refractivity contribution in [3.63, 3.8) is 0 Å². The van der Waals surface area contributed by atoms with Crippen LogP contribution in [0.2, 0.25) is 0 Å². The molecule has 140 valence electrons. The van der Waals surface area contributed by atoms with Crippen LogP contribution in [0, 0.1) is 12.8 Å². The van der Waals surface area contributed by atoms with Crippen LogP contribution in [0.4, 0.5) is 0 Å². The number of Topliss-reactive ketones (excluding diaryl/α,β-unsaturated/α-hetero) is 1. The van der Waals surface area contributed by atoms with Crippen molar-refractivity contribution < 1.29 is 9.59 Å². The number of amides is 1. The summed E-state index contributed by atoms with van der Waals surface area (Å²) >= 11 is 0. The lowest BCUT2D eigenvalue weighted by Crippen LogP contribution is -2.30. The number of rotatable bonds is 7. The summed E-state index contributed by atoms with van der Waals surface area (Å²) in [6.07, 6.45) is 7.52. The van der Waals surface area contributed by atoms with Crippen molar-refractivity contribution in [3.05, 3.63) is 58.3 Å². The van der Waals surface area contributed by atoms with E-state index in [1.54, 1.807) is 6.08 Å². The molecule has 3 aliphatic rings. The Kier molecular flexibility index (Phi) is 4.58. The molecule has 1 aliphatic heterocycles. The van der Waals surface area contributed by atoms with Crippen LogP contribution in [0.3, 0.4) is 0 Å². The van der Waals surface area contributed by atoms with E-state index in [4.69, 9.17) is 0 Å². The highest BCUT2D eigenvalue weighted by molar-refractivity contribution is 6.12. The number of carbonyl (C=O) groups is 2. The lowest BCUT2D eigenvalue weighted by Gasteiger charge is -2.26. The van der Waals surface area contributed by atoms with E-state index in [-0.39, 0.29) is 23.7 Å². The Hall–Kier alpha value is -2.49. The van der Waals surface area contributed by atoms with E-state index in [0.717, 1.165) is 18.4 Å². The number of nitrogens with zero attached hydrogens (tertiary/aromatic N) is 2. The number of hydrogen-bond acceptors (Lipinski definition) is 3. The molecule has 4 heteroatoms. The Balaban J connectivity index is 1.63. The first-order valence-electron chi connectivity index (χ1n) is 9.81. The first-order chi connectivity index (χ1) is 13.0. The van der Waals surface area contributed by atoms with Crippen LogP contribution < -0.4 is 0 Å². The quantitative estimate of drug-likeness (QED) is 0.680. The minimum Gasteiger partial charge on any atom is -0.327 e. The van der Waals surface area contributed by atoms with Gasteiger partial charge >= 0.3 is 0 Å².